The van der Waals surface area contributed by atoms with Crippen LogP contribution in [0.3, 0.4) is 0 Å². The molecule has 2 aliphatic rings. The molecule has 31 heavy (non-hydrogen) atoms. The van der Waals surface area contributed by atoms with E-state index in [-0.39, 0.29) is 5.91 Å². The Kier molecular flexibility index (Phi) is 4.70. The van der Waals surface area contributed by atoms with Crippen LogP contribution in [0.4, 0.5) is 29.2 Å². The number of nitrogens with zero attached hydrogens (tertiary/aromatic N) is 5. The molecule has 3 aromatic rings. The molecule has 2 N–H and O–H groups in total. The highest BCUT2D eigenvalue weighted by Crippen LogP contribution is 2.40. The van der Waals surface area contributed by atoms with E-state index in [9.17, 15) is 4.79 Å². The predicted molar refractivity (Wildman–Crippen MR) is 115 cm³/mol. The standard InChI is InChI=1S/C21H23N7O3/c1-21(2)19(29)28(17-4-3-11-30-17)18-15(31-21)13-24-20(26-18)25-16-6-5-14(12-23-16)27-9-7-22-8-10-27/h3-6,11-13,22H,7-10H2,1-2H3,(H,23,24,25,26). The monoisotopic (exact) mass is 421 g/mol. The Morgan fingerprint density at radius 3 is 2.68 bits per heavy atom. The van der Waals surface area contributed by atoms with Crippen molar-refractivity contribution in [2.75, 3.05) is 41.3 Å². The lowest BCUT2D eigenvalue weighted by Gasteiger charge is -2.36. The van der Waals surface area contributed by atoms with Crippen LogP contribution in [0.5, 0.6) is 5.75 Å². The molecule has 0 atom stereocenters. The molecular formula is C21H23N7O3. The van der Waals surface area contributed by atoms with Crippen LogP contribution in [-0.4, -0.2) is 52.6 Å². The van der Waals surface area contributed by atoms with Gasteiger partial charge in [0.15, 0.2) is 17.2 Å². The first-order chi connectivity index (χ1) is 15.0. The predicted octanol–water partition coefficient (Wildman–Crippen LogP) is 2.45. The number of rotatable bonds is 4. The van der Waals surface area contributed by atoms with Crippen LogP contribution in [0.2, 0.25) is 0 Å². The summed E-state index contributed by atoms with van der Waals surface area (Å²) in [7, 11) is 0. The van der Waals surface area contributed by atoms with Crippen LogP contribution in [0, 0.1) is 0 Å². The number of ether oxygens (including phenoxy) is 1. The van der Waals surface area contributed by atoms with Crippen molar-refractivity contribution in [1.29, 1.82) is 0 Å². The molecule has 5 rings (SSSR count). The second-order valence-electron chi connectivity index (χ2n) is 7.85. The second-order valence-corrected chi connectivity index (χ2v) is 7.85. The van der Waals surface area contributed by atoms with E-state index >= 15 is 0 Å². The van der Waals surface area contributed by atoms with Gasteiger partial charge in [-0.1, -0.05) is 0 Å². The number of nitrogens with one attached hydrogen (secondary N) is 2. The minimum Gasteiger partial charge on any atom is -0.472 e. The Labute approximate surface area is 179 Å². The van der Waals surface area contributed by atoms with E-state index in [0.717, 1.165) is 31.9 Å². The molecule has 0 spiro atoms. The first-order valence-corrected chi connectivity index (χ1v) is 10.1. The Balaban J connectivity index is 1.41. The van der Waals surface area contributed by atoms with Gasteiger partial charge in [-0.05, 0) is 32.0 Å². The Morgan fingerprint density at radius 1 is 1.13 bits per heavy atom. The van der Waals surface area contributed by atoms with E-state index in [1.165, 1.54) is 11.2 Å². The average molecular weight is 421 g/mol. The van der Waals surface area contributed by atoms with Gasteiger partial charge < -0.3 is 24.7 Å². The van der Waals surface area contributed by atoms with Crippen molar-refractivity contribution in [1.82, 2.24) is 20.3 Å². The highest BCUT2D eigenvalue weighted by molar-refractivity contribution is 6.06. The summed E-state index contributed by atoms with van der Waals surface area (Å²) in [6.45, 7) is 7.23. The summed E-state index contributed by atoms with van der Waals surface area (Å²) in [5, 5.41) is 6.44. The van der Waals surface area contributed by atoms with Crippen LogP contribution >= 0.6 is 0 Å². The lowest BCUT2D eigenvalue weighted by Crippen LogP contribution is -2.50. The molecule has 5 heterocycles. The van der Waals surface area contributed by atoms with Gasteiger partial charge in [0.1, 0.15) is 5.82 Å². The molecule has 0 aromatic carbocycles. The van der Waals surface area contributed by atoms with Crippen molar-refractivity contribution in [3.05, 3.63) is 42.9 Å². The number of carbonyl (C=O) groups excluding carboxylic acids is 1. The maximum atomic E-state index is 13.0. The number of fused-ring (bicyclic) bond motifs is 1. The summed E-state index contributed by atoms with van der Waals surface area (Å²) in [6.07, 6.45) is 4.88. The molecule has 160 valence electrons. The number of piperazine rings is 1. The summed E-state index contributed by atoms with van der Waals surface area (Å²) in [5.41, 5.74) is 0.00282. The number of hydrogen-bond acceptors (Lipinski definition) is 9. The number of pyridine rings is 1. The van der Waals surface area contributed by atoms with Gasteiger partial charge >= 0.3 is 0 Å². The molecule has 1 fully saturated rings. The Hall–Kier alpha value is -3.66. The van der Waals surface area contributed by atoms with Crippen LogP contribution in [0.25, 0.3) is 0 Å². The molecule has 3 aromatic heterocycles. The average Bonchev–Trinajstić information content (AvgIpc) is 3.30. The number of anilines is 5. The van der Waals surface area contributed by atoms with Gasteiger partial charge in [0.2, 0.25) is 11.8 Å². The van der Waals surface area contributed by atoms with Crippen LogP contribution in [-0.2, 0) is 4.79 Å². The highest BCUT2D eigenvalue weighted by atomic mass is 16.5. The number of hydrogen-bond donors (Lipinski definition) is 2. The molecule has 1 amide bonds. The minimum atomic E-state index is -1.07. The maximum Gasteiger partial charge on any atom is 0.278 e. The number of carbonyl (C=O) groups is 1. The van der Waals surface area contributed by atoms with Crippen molar-refractivity contribution >= 4 is 35.1 Å². The van der Waals surface area contributed by atoms with Crippen molar-refractivity contribution in [3.63, 3.8) is 0 Å². The molecule has 0 saturated carbocycles. The molecule has 10 heteroatoms. The third-order valence-electron chi connectivity index (χ3n) is 5.23. The molecule has 2 aliphatic heterocycles. The lowest BCUT2D eigenvalue weighted by atomic mass is 10.1. The molecular weight excluding hydrogens is 398 g/mol. The maximum absolute atomic E-state index is 13.0. The van der Waals surface area contributed by atoms with Crippen molar-refractivity contribution in [3.8, 4) is 5.75 Å². The van der Waals surface area contributed by atoms with Crippen LogP contribution in [0.15, 0.2) is 47.3 Å². The lowest BCUT2D eigenvalue weighted by molar-refractivity contribution is -0.132. The Bertz CT molecular complexity index is 1080. The van der Waals surface area contributed by atoms with Gasteiger partial charge in [0, 0.05) is 32.2 Å². The van der Waals surface area contributed by atoms with Gasteiger partial charge in [-0.3, -0.25) is 4.79 Å². The van der Waals surface area contributed by atoms with Crippen molar-refractivity contribution < 1.29 is 13.9 Å². The first-order valence-electron chi connectivity index (χ1n) is 10.1. The molecule has 0 radical (unpaired) electrons. The smallest absolute Gasteiger partial charge is 0.278 e. The van der Waals surface area contributed by atoms with E-state index in [1.807, 2.05) is 18.3 Å². The molecule has 10 nitrogen and oxygen atoms in total. The number of furan rings is 1. The van der Waals surface area contributed by atoms with E-state index < -0.39 is 5.60 Å². The zero-order valence-electron chi connectivity index (χ0n) is 17.3. The van der Waals surface area contributed by atoms with Crippen molar-refractivity contribution in [2.24, 2.45) is 0 Å². The van der Waals surface area contributed by atoms with E-state index in [4.69, 9.17) is 9.15 Å². The summed E-state index contributed by atoms with van der Waals surface area (Å²) < 4.78 is 11.3. The zero-order valence-corrected chi connectivity index (χ0v) is 17.3. The third-order valence-corrected chi connectivity index (χ3v) is 5.23. The summed E-state index contributed by atoms with van der Waals surface area (Å²) in [5.74, 6) is 1.70. The second kappa shape index (κ2) is 7.55. The quantitative estimate of drug-likeness (QED) is 0.656. The van der Waals surface area contributed by atoms with Gasteiger partial charge in [0.05, 0.1) is 24.3 Å². The fourth-order valence-electron chi connectivity index (χ4n) is 3.62. The molecule has 0 unspecified atom stereocenters. The van der Waals surface area contributed by atoms with E-state index in [0.29, 0.717) is 29.2 Å². The molecule has 1 saturated heterocycles. The van der Waals surface area contributed by atoms with Crippen LogP contribution < -0.4 is 25.2 Å². The van der Waals surface area contributed by atoms with E-state index in [1.54, 1.807) is 32.2 Å². The SMILES string of the molecule is CC1(C)Oc2cnc(Nc3ccc(N4CCNCC4)cn3)nc2N(c2ccco2)C1=O. The third kappa shape index (κ3) is 3.66. The minimum absolute atomic E-state index is 0.280. The van der Waals surface area contributed by atoms with Gasteiger partial charge in [0.25, 0.3) is 5.91 Å². The topological polar surface area (TPSA) is 109 Å². The molecule has 0 aliphatic carbocycles. The van der Waals surface area contributed by atoms with Crippen LogP contribution in [0.1, 0.15) is 13.8 Å². The zero-order chi connectivity index (χ0) is 21.4. The number of aromatic nitrogens is 3. The summed E-state index contributed by atoms with van der Waals surface area (Å²) in [4.78, 5) is 30.0. The summed E-state index contributed by atoms with van der Waals surface area (Å²) in [6, 6.07) is 7.32. The largest absolute Gasteiger partial charge is 0.472 e. The fraction of sp³-hybridized carbons (Fsp3) is 0.333. The highest BCUT2D eigenvalue weighted by Gasteiger charge is 2.44. The van der Waals surface area contributed by atoms with E-state index in [2.05, 4.69) is 30.5 Å². The van der Waals surface area contributed by atoms with Gasteiger partial charge in [-0.25, -0.2) is 14.9 Å². The fourth-order valence-corrected chi connectivity index (χ4v) is 3.62. The Morgan fingerprint density at radius 2 is 1.97 bits per heavy atom. The van der Waals surface area contributed by atoms with Gasteiger partial charge in [-0.15, -0.1) is 0 Å². The first kappa shape index (κ1) is 19.3. The van der Waals surface area contributed by atoms with Gasteiger partial charge in [-0.2, -0.15) is 4.98 Å². The number of amides is 1. The normalized spacial score (nSPS) is 17.8. The van der Waals surface area contributed by atoms with Crippen molar-refractivity contribution in [2.45, 2.75) is 19.4 Å². The molecule has 0 bridgehead atoms. The summed E-state index contributed by atoms with van der Waals surface area (Å²) >= 11 is 0.